The van der Waals surface area contributed by atoms with Gasteiger partial charge in [0.15, 0.2) is 10.9 Å². The van der Waals surface area contributed by atoms with Crippen molar-refractivity contribution < 1.29 is 18.4 Å². The predicted molar refractivity (Wildman–Crippen MR) is 124 cm³/mol. The smallest absolute Gasteiger partial charge is 0.233 e. The molecule has 33 heavy (non-hydrogen) atoms. The van der Waals surface area contributed by atoms with E-state index >= 15 is 0 Å². The van der Waals surface area contributed by atoms with Gasteiger partial charge in [-0.15, -0.1) is 0 Å². The summed E-state index contributed by atoms with van der Waals surface area (Å²) in [5.74, 6) is -1.96. The SMILES string of the molecule is Cc1cccc(-n2ccnc2SCC(=O)N2CCC(C(=O)c3cc(F)ccc3F)CC2)c1C. The van der Waals surface area contributed by atoms with E-state index < -0.39 is 23.3 Å². The summed E-state index contributed by atoms with van der Waals surface area (Å²) in [6.07, 6.45) is 4.47. The Morgan fingerprint density at radius 2 is 1.88 bits per heavy atom. The van der Waals surface area contributed by atoms with Crippen LogP contribution in [-0.2, 0) is 4.79 Å². The van der Waals surface area contributed by atoms with Crippen LogP contribution in [0.1, 0.15) is 34.3 Å². The molecule has 0 unspecified atom stereocenters. The zero-order chi connectivity index (χ0) is 23.5. The van der Waals surface area contributed by atoms with Gasteiger partial charge in [0, 0.05) is 31.4 Å². The molecule has 0 saturated carbocycles. The molecule has 2 heterocycles. The van der Waals surface area contributed by atoms with Gasteiger partial charge in [0.2, 0.25) is 5.91 Å². The van der Waals surface area contributed by atoms with Gasteiger partial charge < -0.3 is 4.90 Å². The number of amides is 1. The second kappa shape index (κ2) is 9.87. The lowest BCUT2D eigenvalue weighted by Gasteiger charge is -2.31. The molecule has 5 nitrogen and oxygen atoms in total. The summed E-state index contributed by atoms with van der Waals surface area (Å²) in [4.78, 5) is 31.5. The Balaban J connectivity index is 1.34. The van der Waals surface area contributed by atoms with E-state index in [0.717, 1.165) is 34.6 Å². The summed E-state index contributed by atoms with van der Waals surface area (Å²) in [6.45, 7) is 4.95. The first-order valence-corrected chi connectivity index (χ1v) is 11.8. The normalized spacial score (nSPS) is 14.5. The minimum absolute atomic E-state index is 0.0293. The molecule has 1 aromatic heterocycles. The molecule has 1 aliphatic rings. The van der Waals surface area contributed by atoms with Crippen molar-refractivity contribution in [1.82, 2.24) is 14.5 Å². The van der Waals surface area contributed by atoms with Gasteiger partial charge in [-0.05, 0) is 62.1 Å². The van der Waals surface area contributed by atoms with E-state index in [4.69, 9.17) is 0 Å². The van der Waals surface area contributed by atoms with Gasteiger partial charge in [0.05, 0.1) is 17.0 Å². The number of piperidine rings is 1. The van der Waals surface area contributed by atoms with E-state index in [1.165, 1.54) is 17.3 Å². The van der Waals surface area contributed by atoms with Gasteiger partial charge >= 0.3 is 0 Å². The maximum absolute atomic E-state index is 14.0. The molecule has 0 N–H and O–H groups in total. The number of aryl methyl sites for hydroxylation is 1. The van der Waals surface area contributed by atoms with Crippen molar-refractivity contribution in [3.63, 3.8) is 0 Å². The number of rotatable bonds is 6. The number of benzene rings is 2. The molecule has 1 saturated heterocycles. The van der Waals surface area contributed by atoms with Crippen LogP contribution < -0.4 is 0 Å². The first-order chi connectivity index (χ1) is 15.8. The first kappa shape index (κ1) is 23.2. The van der Waals surface area contributed by atoms with Crippen LogP contribution in [0.25, 0.3) is 5.69 Å². The van der Waals surface area contributed by atoms with Crippen molar-refractivity contribution in [3.8, 4) is 5.69 Å². The summed E-state index contributed by atoms with van der Waals surface area (Å²) >= 11 is 1.37. The standard InChI is InChI=1S/C25H25F2N3O2S/c1-16-4-3-5-22(17(16)2)30-13-10-28-25(30)33-15-23(31)29-11-8-18(9-12-29)24(32)20-14-19(26)6-7-21(20)27/h3-7,10,13-14,18H,8-9,11-12,15H2,1-2H3. The van der Waals surface area contributed by atoms with Gasteiger partial charge in [-0.1, -0.05) is 23.9 Å². The predicted octanol–water partition coefficient (Wildman–Crippen LogP) is 4.98. The molecule has 0 bridgehead atoms. The lowest BCUT2D eigenvalue weighted by atomic mass is 9.88. The molecular weight excluding hydrogens is 444 g/mol. The van der Waals surface area contributed by atoms with E-state index in [0.29, 0.717) is 25.9 Å². The summed E-state index contributed by atoms with van der Waals surface area (Å²) in [7, 11) is 0. The van der Waals surface area contributed by atoms with Crippen LogP contribution in [0, 0.1) is 31.4 Å². The van der Waals surface area contributed by atoms with E-state index in [2.05, 4.69) is 24.9 Å². The van der Waals surface area contributed by atoms with Crippen LogP contribution in [0.4, 0.5) is 8.78 Å². The number of carbonyl (C=O) groups is 2. The Kier molecular flexibility index (Phi) is 6.93. The Morgan fingerprint density at radius 1 is 1.12 bits per heavy atom. The topological polar surface area (TPSA) is 55.2 Å². The molecule has 1 fully saturated rings. The van der Waals surface area contributed by atoms with Crippen LogP contribution in [0.2, 0.25) is 0 Å². The number of thioether (sulfide) groups is 1. The third-order valence-electron chi connectivity index (χ3n) is 6.18. The fourth-order valence-electron chi connectivity index (χ4n) is 4.09. The maximum atomic E-state index is 14.0. The van der Waals surface area contributed by atoms with Crippen LogP contribution >= 0.6 is 11.8 Å². The third-order valence-corrected chi connectivity index (χ3v) is 7.13. The van der Waals surface area contributed by atoms with E-state index in [1.807, 2.05) is 22.9 Å². The molecule has 4 rings (SSSR count). The molecule has 1 amide bonds. The minimum Gasteiger partial charge on any atom is -0.342 e. The number of hydrogen-bond acceptors (Lipinski definition) is 4. The summed E-state index contributed by atoms with van der Waals surface area (Å²) in [5.41, 5.74) is 3.16. The van der Waals surface area contributed by atoms with Gasteiger partial charge in [-0.2, -0.15) is 0 Å². The highest BCUT2D eigenvalue weighted by Crippen LogP contribution is 2.27. The number of likely N-dealkylation sites (tertiary alicyclic amines) is 1. The molecule has 2 aromatic carbocycles. The van der Waals surface area contributed by atoms with Gasteiger partial charge in [0.1, 0.15) is 11.6 Å². The number of ketones is 1. The van der Waals surface area contributed by atoms with Crippen LogP contribution in [0.3, 0.4) is 0 Å². The van der Waals surface area contributed by atoms with Crippen molar-refractivity contribution in [3.05, 3.63) is 77.1 Å². The Morgan fingerprint density at radius 3 is 2.64 bits per heavy atom. The van der Waals surface area contributed by atoms with E-state index in [9.17, 15) is 18.4 Å². The van der Waals surface area contributed by atoms with Crippen LogP contribution in [-0.4, -0.2) is 45.0 Å². The summed E-state index contributed by atoms with van der Waals surface area (Å²) in [5, 5.41) is 0.740. The average Bonchev–Trinajstić information content (AvgIpc) is 3.29. The van der Waals surface area contributed by atoms with Crippen molar-refractivity contribution in [1.29, 1.82) is 0 Å². The Labute approximate surface area is 195 Å². The number of halogens is 2. The fraction of sp³-hybridized carbons (Fsp3) is 0.320. The second-order valence-electron chi connectivity index (χ2n) is 8.23. The zero-order valence-electron chi connectivity index (χ0n) is 18.6. The first-order valence-electron chi connectivity index (χ1n) is 10.8. The molecule has 0 spiro atoms. The number of hydrogen-bond donors (Lipinski definition) is 0. The van der Waals surface area contributed by atoms with Gasteiger partial charge in [-0.3, -0.25) is 14.2 Å². The lowest BCUT2D eigenvalue weighted by molar-refractivity contribution is -0.129. The van der Waals surface area contributed by atoms with Crippen molar-refractivity contribution in [2.75, 3.05) is 18.8 Å². The largest absolute Gasteiger partial charge is 0.342 e. The van der Waals surface area contributed by atoms with Crippen molar-refractivity contribution >= 4 is 23.5 Å². The van der Waals surface area contributed by atoms with Crippen molar-refractivity contribution in [2.45, 2.75) is 31.8 Å². The third kappa shape index (κ3) is 5.00. The average molecular weight is 470 g/mol. The zero-order valence-corrected chi connectivity index (χ0v) is 19.4. The number of nitrogens with zero attached hydrogens (tertiary/aromatic N) is 3. The highest BCUT2D eigenvalue weighted by molar-refractivity contribution is 7.99. The quantitative estimate of drug-likeness (QED) is 0.377. The van der Waals surface area contributed by atoms with E-state index in [1.54, 1.807) is 11.1 Å². The molecule has 0 aliphatic carbocycles. The van der Waals surface area contributed by atoms with Crippen LogP contribution in [0.15, 0.2) is 53.9 Å². The molecule has 1 aliphatic heterocycles. The molecular formula is C25H25F2N3O2S. The van der Waals surface area contributed by atoms with E-state index in [-0.39, 0.29) is 17.2 Å². The van der Waals surface area contributed by atoms with Gasteiger partial charge in [-0.25, -0.2) is 13.8 Å². The number of carbonyl (C=O) groups excluding carboxylic acids is 2. The number of aromatic nitrogens is 2. The summed E-state index contributed by atoms with van der Waals surface area (Å²) < 4.78 is 29.4. The Bertz CT molecular complexity index is 1190. The monoisotopic (exact) mass is 469 g/mol. The molecule has 0 radical (unpaired) electrons. The fourth-order valence-corrected chi connectivity index (χ4v) is 4.96. The summed E-state index contributed by atoms with van der Waals surface area (Å²) in [6, 6.07) is 9.00. The molecule has 3 aromatic rings. The second-order valence-corrected chi connectivity index (χ2v) is 9.17. The minimum atomic E-state index is -0.712. The van der Waals surface area contributed by atoms with Gasteiger partial charge in [0.25, 0.3) is 0 Å². The highest BCUT2D eigenvalue weighted by atomic mass is 32.2. The lowest BCUT2D eigenvalue weighted by Crippen LogP contribution is -2.41. The molecule has 8 heteroatoms. The van der Waals surface area contributed by atoms with Crippen molar-refractivity contribution in [2.24, 2.45) is 5.92 Å². The highest BCUT2D eigenvalue weighted by Gasteiger charge is 2.29. The number of Topliss-reactive ketones (excluding diaryl/α,β-unsaturated/α-hetero) is 1. The number of imidazole rings is 1. The van der Waals surface area contributed by atoms with Crippen LogP contribution in [0.5, 0.6) is 0 Å². The molecule has 172 valence electrons. The molecule has 0 atom stereocenters. The maximum Gasteiger partial charge on any atom is 0.233 e. The Hall–Kier alpha value is -3.00.